The summed E-state index contributed by atoms with van der Waals surface area (Å²) >= 11 is 0. The lowest BCUT2D eigenvalue weighted by molar-refractivity contribution is -0.384. The van der Waals surface area contributed by atoms with Gasteiger partial charge >= 0.3 is 0 Å². The van der Waals surface area contributed by atoms with E-state index in [1.54, 1.807) is 18.3 Å². The molecule has 0 aliphatic rings. The molecule has 4 N–H and O–H groups in total. The summed E-state index contributed by atoms with van der Waals surface area (Å²) < 4.78 is 23.2. The van der Waals surface area contributed by atoms with Crippen LogP contribution in [-0.2, 0) is 9.84 Å². The zero-order chi connectivity index (χ0) is 21.2. The highest BCUT2D eigenvalue weighted by atomic mass is 32.2. The van der Waals surface area contributed by atoms with Gasteiger partial charge in [0.1, 0.15) is 0 Å². The van der Waals surface area contributed by atoms with Gasteiger partial charge in [-0.25, -0.2) is 18.4 Å². The van der Waals surface area contributed by atoms with Crippen LogP contribution in [0.3, 0.4) is 0 Å². The minimum atomic E-state index is -3.63. The van der Waals surface area contributed by atoms with Crippen molar-refractivity contribution in [3.8, 4) is 11.4 Å². The van der Waals surface area contributed by atoms with Crippen LogP contribution in [0.15, 0.2) is 57.8 Å². The summed E-state index contributed by atoms with van der Waals surface area (Å²) in [6, 6.07) is 6.66. The molecule has 1 aromatic carbocycles. The molecule has 0 spiro atoms. The monoisotopic (exact) mass is 414 g/mol. The van der Waals surface area contributed by atoms with Crippen molar-refractivity contribution in [2.75, 3.05) is 17.7 Å². The number of nitro groups is 1. The van der Waals surface area contributed by atoms with Gasteiger partial charge in [-0.15, -0.1) is 10.2 Å². The number of anilines is 2. The summed E-state index contributed by atoms with van der Waals surface area (Å²) in [7, 11) is -3.63. The van der Waals surface area contributed by atoms with Crippen molar-refractivity contribution in [1.82, 2.24) is 15.0 Å². The lowest BCUT2D eigenvalue weighted by Crippen LogP contribution is -2.01. The number of nitro benzene ring substituents is 1. The van der Waals surface area contributed by atoms with E-state index in [1.807, 2.05) is 0 Å². The fourth-order valence-corrected chi connectivity index (χ4v) is 2.93. The third-order valence-electron chi connectivity index (χ3n) is 3.69. The second kappa shape index (κ2) is 7.55. The maximum Gasteiger partial charge on any atom is 0.298 e. The normalized spacial score (nSPS) is 11.6. The third-order valence-corrected chi connectivity index (χ3v) is 4.80. The molecule has 0 saturated carbocycles. The van der Waals surface area contributed by atoms with E-state index in [9.17, 15) is 18.5 Å². The van der Waals surface area contributed by atoms with E-state index in [2.05, 4.69) is 25.2 Å². The van der Waals surface area contributed by atoms with E-state index in [0.29, 0.717) is 5.56 Å². The molecule has 13 heteroatoms. The number of hydrogen-bond donors (Lipinski definition) is 2. The summed E-state index contributed by atoms with van der Waals surface area (Å²) in [5.74, 6) is 0.0570. The molecule has 148 valence electrons. The standard InChI is InChI=1S/C16H14N8O4S/c1-29(27,28)10-4-5-11(12(7-10)24(25)26)22-23-13-14(17)20-16(21-15(13)18)9-3-2-6-19-8-9/h2-8H,1H3,(H4,17,18,20,21). The number of rotatable bonds is 5. The fourth-order valence-electron chi connectivity index (χ4n) is 2.29. The molecule has 2 heterocycles. The van der Waals surface area contributed by atoms with E-state index in [-0.39, 0.29) is 33.7 Å². The van der Waals surface area contributed by atoms with Crippen LogP contribution in [0.2, 0.25) is 0 Å². The van der Waals surface area contributed by atoms with Crippen molar-refractivity contribution in [1.29, 1.82) is 0 Å². The van der Waals surface area contributed by atoms with Gasteiger partial charge in [0, 0.05) is 30.3 Å². The van der Waals surface area contributed by atoms with Crippen LogP contribution in [0, 0.1) is 10.1 Å². The lowest BCUT2D eigenvalue weighted by atomic mass is 10.2. The Morgan fingerprint density at radius 1 is 1.10 bits per heavy atom. The maximum absolute atomic E-state index is 11.6. The summed E-state index contributed by atoms with van der Waals surface area (Å²) in [6.07, 6.45) is 4.05. The van der Waals surface area contributed by atoms with Gasteiger partial charge in [0.25, 0.3) is 5.69 Å². The predicted octanol–water partition coefficient (Wildman–Crippen LogP) is 2.43. The Hall–Kier alpha value is -4.00. The van der Waals surface area contributed by atoms with Gasteiger partial charge in [0.2, 0.25) is 0 Å². The predicted molar refractivity (Wildman–Crippen MR) is 104 cm³/mol. The average molecular weight is 414 g/mol. The molecule has 3 rings (SSSR count). The molecule has 0 radical (unpaired) electrons. The highest BCUT2D eigenvalue weighted by molar-refractivity contribution is 7.90. The van der Waals surface area contributed by atoms with Crippen LogP contribution in [0.4, 0.5) is 28.7 Å². The first-order valence-corrected chi connectivity index (χ1v) is 9.79. The van der Waals surface area contributed by atoms with E-state index in [4.69, 9.17) is 11.5 Å². The Morgan fingerprint density at radius 2 is 1.79 bits per heavy atom. The molecule has 0 fully saturated rings. The topological polar surface area (TPSA) is 193 Å². The Balaban J connectivity index is 2.01. The van der Waals surface area contributed by atoms with E-state index >= 15 is 0 Å². The van der Waals surface area contributed by atoms with Crippen molar-refractivity contribution in [2.24, 2.45) is 10.2 Å². The Labute approximate surface area is 164 Å². The highest BCUT2D eigenvalue weighted by Crippen LogP contribution is 2.34. The Morgan fingerprint density at radius 3 is 2.34 bits per heavy atom. The van der Waals surface area contributed by atoms with Gasteiger partial charge in [-0.2, -0.15) is 0 Å². The van der Waals surface area contributed by atoms with Crippen molar-refractivity contribution < 1.29 is 13.3 Å². The van der Waals surface area contributed by atoms with Crippen molar-refractivity contribution in [3.05, 3.63) is 52.8 Å². The molecule has 0 amide bonds. The number of nitrogen functional groups attached to an aromatic ring is 2. The Kier molecular flexibility index (Phi) is 5.14. The molecule has 0 saturated heterocycles. The molecule has 0 bridgehead atoms. The van der Waals surface area contributed by atoms with Gasteiger partial charge < -0.3 is 11.5 Å². The fraction of sp³-hybridized carbons (Fsp3) is 0.0625. The van der Waals surface area contributed by atoms with Gasteiger partial charge in [0.05, 0.1) is 9.82 Å². The van der Waals surface area contributed by atoms with Crippen LogP contribution in [0.1, 0.15) is 0 Å². The number of aromatic nitrogens is 3. The molecule has 3 aromatic rings. The van der Waals surface area contributed by atoms with Crippen molar-refractivity contribution in [3.63, 3.8) is 0 Å². The van der Waals surface area contributed by atoms with Crippen LogP contribution in [0.5, 0.6) is 0 Å². The maximum atomic E-state index is 11.6. The van der Waals surface area contributed by atoms with Gasteiger partial charge in [0.15, 0.2) is 38.7 Å². The Bertz CT molecular complexity index is 1210. The molecule has 0 atom stereocenters. The molecular formula is C16H14N8O4S. The number of pyridine rings is 1. The number of nitrogens with zero attached hydrogens (tertiary/aromatic N) is 6. The second-order valence-electron chi connectivity index (χ2n) is 5.79. The van der Waals surface area contributed by atoms with Crippen molar-refractivity contribution in [2.45, 2.75) is 4.90 Å². The first-order valence-electron chi connectivity index (χ1n) is 7.90. The zero-order valence-corrected chi connectivity index (χ0v) is 15.7. The minimum Gasteiger partial charge on any atom is -0.382 e. The molecule has 0 unspecified atom stereocenters. The first kappa shape index (κ1) is 19.8. The lowest BCUT2D eigenvalue weighted by Gasteiger charge is -2.06. The van der Waals surface area contributed by atoms with Crippen molar-refractivity contribution >= 4 is 38.5 Å². The SMILES string of the molecule is CS(=O)(=O)c1ccc(N=Nc2c(N)nc(-c3cccnc3)nc2N)c([N+](=O)[O-])c1. The molecule has 29 heavy (non-hydrogen) atoms. The minimum absolute atomic E-state index is 0.0703. The average Bonchev–Trinajstić information content (AvgIpc) is 2.67. The third kappa shape index (κ3) is 4.30. The summed E-state index contributed by atoms with van der Waals surface area (Å²) in [5.41, 5.74) is 11.6. The molecule has 12 nitrogen and oxygen atoms in total. The number of sulfone groups is 1. The number of benzene rings is 1. The smallest absolute Gasteiger partial charge is 0.298 e. The summed E-state index contributed by atoms with van der Waals surface area (Å²) in [4.78, 5) is 22.5. The first-order chi connectivity index (χ1) is 13.7. The zero-order valence-electron chi connectivity index (χ0n) is 14.9. The van der Waals surface area contributed by atoms with Crippen LogP contribution in [0.25, 0.3) is 11.4 Å². The highest BCUT2D eigenvalue weighted by Gasteiger charge is 2.19. The van der Waals surface area contributed by atoms with E-state index in [1.165, 1.54) is 12.3 Å². The molecule has 0 aliphatic carbocycles. The number of nitrogens with two attached hydrogens (primary N) is 2. The van der Waals surface area contributed by atoms with Gasteiger partial charge in [-0.05, 0) is 24.3 Å². The quantitative estimate of drug-likeness (QED) is 0.358. The number of azo groups is 1. The largest absolute Gasteiger partial charge is 0.382 e. The van der Waals surface area contributed by atoms with Crippen LogP contribution in [-0.4, -0.2) is 34.5 Å². The summed E-state index contributed by atoms with van der Waals surface area (Å²) in [5, 5.41) is 18.9. The van der Waals surface area contributed by atoms with Gasteiger partial charge in [-0.3, -0.25) is 15.1 Å². The molecule has 0 aliphatic heterocycles. The molecule has 2 aromatic heterocycles. The van der Waals surface area contributed by atoms with E-state index in [0.717, 1.165) is 18.4 Å². The summed E-state index contributed by atoms with van der Waals surface area (Å²) in [6.45, 7) is 0. The van der Waals surface area contributed by atoms with E-state index < -0.39 is 20.4 Å². The van der Waals surface area contributed by atoms with Gasteiger partial charge in [-0.1, -0.05) is 0 Å². The van der Waals surface area contributed by atoms with Crippen LogP contribution < -0.4 is 11.5 Å². The van der Waals surface area contributed by atoms with Crippen LogP contribution >= 0.6 is 0 Å². The number of hydrogen-bond acceptors (Lipinski definition) is 11. The second-order valence-corrected chi connectivity index (χ2v) is 7.80. The molecular weight excluding hydrogens is 400 g/mol.